The van der Waals surface area contributed by atoms with E-state index in [1.807, 2.05) is 31.2 Å². The molecule has 0 radical (unpaired) electrons. The van der Waals surface area contributed by atoms with Gasteiger partial charge in [-0.3, -0.25) is 14.2 Å². The highest BCUT2D eigenvalue weighted by Gasteiger charge is 2.22. The van der Waals surface area contributed by atoms with Crippen LogP contribution in [0.25, 0.3) is 21.9 Å². The largest absolute Gasteiger partial charge is 0.355 e. The van der Waals surface area contributed by atoms with Crippen molar-refractivity contribution in [3.05, 3.63) is 34.6 Å². The maximum absolute atomic E-state index is 13.0. The molecule has 0 bridgehead atoms. The van der Waals surface area contributed by atoms with Crippen molar-refractivity contribution >= 4 is 39.6 Å². The molecule has 0 saturated carbocycles. The Bertz CT molecular complexity index is 1010. The molecule has 0 saturated heterocycles. The second-order valence-electron chi connectivity index (χ2n) is 5.85. The first kappa shape index (κ1) is 15.3. The summed E-state index contributed by atoms with van der Waals surface area (Å²) in [5, 5.41) is 4.57. The molecule has 4 rings (SSSR count). The van der Waals surface area contributed by atoms with Crippen LogP contribution in [-0.2, 0) is 17.9 Å². The average Bonchev–Trinajstić information content (AvgIpc) is 3.18. The number of amides is 1. The number of fused-ring (bicyclic) bond motifs is 4. The third-order valence-electron chi connectivity index (χ3n) is 4.25. The lowest BCUT2D eigenvalue weighted by atomic mass is 10.2. The number of thioether (sulfide) groups is 1. The van der Waals surface area contributed by atoms with Crippen LogP contribution in [0.1, 0.15) is 13.3 Å². The first-order valence-electron chi connectivity index (χ1n) is 8.12. The van der Waals surface area contributed by atoms with Crippen LogP contribution in [0.2, 0.25) is 0 Å². The van der Waals surface area contributed by atoms with E-state index in [-0.39, 0.29) is 18.0 Å². The van der Waals surface area contributed by atoms with Crippen molar-refractivity contribution in [1.29, 1.82) is 0 Å². The Balaban J connectivity index is 1.96. The second kappa shape index (κ2) is 5.98. The quantitative estimate of drug-likeness (QED) is 0.736. The first-order chi connectivity index (χ1) is 11.7. The number of carbonyl (C=O) groups is 1. The number of para-hydroxylation sites is 1. The van der Waals surface area contributed by atoms with E-state index in [4.69, 9.17) is 4.98 Å². The predicted octanol–water partition coefficient (Wildman–Crippen LogP) is 1.98. The van der Waals surface area contributed by atoms with E-state index >= 15 is 0 Å². The topological polar surface area (TPSA) is 68.9 Å². The highest BCUT2D eigenvalue weighted by molar-refractivity contribution is 7.99. The van der Waals surface area contributed by atoms with Crippen molar-refractivity contribution in [3.63, 3.8) is 0 Å². The smallest absolute Gasteiger partial charge is 0.278 e. The minimum absolute atomic E-state index is 0.0560. The van der Waals surface area contributed by atoms with Gasteiger partial charge in [0.2, 0.25) is 5.91 Å². The van der Waals surface area contributed by atoms with E-state index in [0.29, 0.717) is 24.1 Å². The van der Waals surface area contributed by atoms with Gasteiger partial charge in [0.25, 0.3) is 5.56 Å². The molecular weight excluding hydrogens is 324 g/mol. The van der Waals surface area contributed by atoms with Gasteiger partial charge >= 0.3 is 0 Å². The average molecular weight is 342 g/mol. The summed E-state index contributed by atoms with van der Waals surface area (Å²) in [4.78, 5) is 29.9. The molecule has 0 atom stereocenters. The van der Waals surface area contributed by atoms with Crippen molar-refractivity contribution in [2.75, 3.05) is 12.3 Å². The minimum atomic E-state index is -0.0845. The van der Waals surface area contributed by atoms with Crippen LogP contribution >= 0.6 is 11.8 Å². The molecule has 6 nitrogen and oxygen atoms in total. The van der Waals surface area contributed by atoms with Crippen LogP contribution in [0.3, 0.4) is 0 Å². The van der Waals surface area contributed by atoms with Gasteiger partial charge in [-0.1, -0.05) is 36.9 Å². The summed E-state index contributed by atoms with van der Waals surface area (Å²) in [6, 6.07) is 7.75. The summed E-state index contributed by atoms with van der Waals surface area (Å²) >= 11 is 1.60. The molecular formula is C17H18N4O2S. The maximum atomic E-state index is 13.0. The maximum Gasteiger partial charge on any atom is 0.278 e. The van der Waals surface area contributed by atoms with Gasteiger partial charge in [0.05, 0.1) is 5.52 Å². The number of nitrogens with zero attached hydrogens (tertiary/aromatic N) is 3. The summed E-state index contributed by atoms with van der Waals surface area (Å²) in [5.74, 6) is 0.780. The monoisotopic (exact) mass is 342 g/mol. The lowest BCUT2D eigenvalue weighted by Crippen LogP contribution is -2.29. The van der Waals surface area contributed by atoms with Crippen molar-refractivity contribution in [1.82, 2.24) is 19.4 Å². The van der Waals surface area contributed by atoms with E-state index in [9.17, 15) is 9.59 Å². The Hall–Kier alpha value is -2.28. The van der Waals surface area contributed by atoms with Gasteiger partial charge in [-0.15, -0.1) is 0 Å². The molecule has 3 aromatic rings. The van der Waals surface area contributed by atoms with Gasteiger partial charge in [0.1, 0.15) is 17.6 Å². The number of hydrogen-bond donors (Lipinski definition) is 1. The molecule has 0 spiro atoms. The third-order valence-corrected chi connectivity index (χ3v) is 5.21. The van der Waals surface area contributed by atoms with E-state index in [1.165, 1.54) is 0 Å². The molecule has 0 fully saturated rings. The van der Waals surface area contributed by atoms with E-state index in [2.05, 4.69) is 5.32 Å². The number of carbonyl (C=O) groups excluding carboxylic acids is 1. The van der Waals surface area contributed by atoms with Gasteiger partial charge < -0.3 is 9.88 Å². The second-order valence-corrected chi connectivity index (χ2v) is 6.91. The third kappa shape index (κ3) is 2.31. The number of benzene rings is 1. The van der Waals surface area contributed by atoms with Gasteiger partial charge in [-0.25, -0.2) is 4.98 Å². The fourth-order valence-corrected chi connectivity index (χ4v) is 4.09. The Morgan fingerprint density at radius 3 is 3.04 bits per heavy atom. The molecule has 1 aliphatic heterocycles. The van der Waals surface area contributed by atoms with Crippen molar-refractivity contribution < 1.29 is 4.79 Å². The van der Waals surface area contributed by atoms with Crippen LogP contribution in [0.5, 0.6) is 0 Å². The Morgan fingerprint density at radius 2 is 2.21 bits per heavy atom. The van der Waals surface area contributed by atoms with E-state index in [0.717, 1.165) is 28.2 Å². The van der Waals surface area contributed by atoms with Gasteiger partial charge in [0, 0.05) is 24.2 Å². The van der Waals surface area contributed by atoms with Crippen molar-refractivity contribution in [2.24, 2.45) is 0 Å². The molecule has 7 heteroatoms. The predicted molar refractivity (Wildman–Crippen MR) is 95.5 cm³/mol. The SMILES string of the molecule is CCCNC(=O)Cn1c2ccccc2c2nc3n(c(=O)c21)CCS3. The molecule has 1 N–H and O–H groups in total. The highest BCUT2D eigenvalue weighted by Crippen LogP contribution is 2.29. The molecule has 124 valence electrons. The van der Waals surface area contributed by atoms with Gasteiger partial charge in [0.15, 0.2) is 5.16 Å². The molecule has 1 aromatic carbocycles. The normalized spacial score (nSPS) is 13.5. The summed E-state index contributed by atoms with van der Waals surface area (Å²) in [7, 11) is 0. The van der Waals surface area contributed by atoms with Crippen LogP contribution in [0.4, 0.5) is 0 Å². The van der Waals surface area contributed by atoms with Crippen LogP contribution in [0.15, 0.2) is 34.2 Å². The highest BCUT2D eigenvalue weighted by atomic mass is 32.2. The first-order valence-corrected chi connectivity index (χ1v) is 9.10. The summed E-state index contributed by atoms with van der Waals surface area (Å²) in [6.07, 6.45) is 0.883. The van der Waals surface area contributed by atoms with Crippen LogP contribution in [0, 0.1) is 0 Å². The Morgan fingerprint density at radius 1 is 1.38 bits per heavy atom. The van der Waals surface area contributed by atoms with Gasteiger partial charge in [-0.2, -0.15) is 0 Å². The minimum Gasteiger partial charge on any atom is -0.355 e. The zero-order valence-electron chi connectivity index (χ0n) is 13.4. The van der Waals surface area contributed by atoms with Crippen LogP contribution < -0.4 is 10.9 Å². The Kier molecular flexibility index (Phi) is 3.80. The van der Waals surface area contributed by atoms with Crippen molar-refractivity contribution in [3.8, 4) is 0 Å². The number of aromatic nitrogens is 3. The standard InChI is InChI=1S/C17H18N4O2S/c1-2-7-18-13(22)10-21-12-6-4-3-5-11(12)14-15(21)16(23)20-8-9-24-17(20)19-14/h3-6H,2,7-10H2,1H3,(H,18,22). The number of rotatable bonds is 4. The van der Waals surface area contributed by atoms with Crippen molar-refractivity contribution in [2.45, 2.75) is 31.6 Å². The van der Waals surface area contributed by atoms with E-state index < -0.39 is 0 Å². The zero-order valence-corrected chi connectivity index (χ0v) is 14.2. The number of hydrogen-bond acceptors (Lipinski definition) is 4. The zero-order chi connectivity index (χ0) is 16.7. The summed E-state index contributed by atoms with van der Waals surface area (Å²) in [6.45, 7) is 3.45. The summed E-state index contributed by atoms with van der Waals surface area (Å²) < 4.78 is 3.52. The molecule has 3 heterocycles. The lowest BCUT2D eigenvalue weighted by Gasteiger charge is -2.08. The molecule has 1 amide bonds. The summed E-state index contributed by atoms with van der Waals surface area (Å²) in [5.41, 5.74) is 2.03. The fourth-order valence-electron chi connectivity index (χ4n) is 3.15. The fraction of sp³-hybridized carbons (Fsp3) is 0.353. The number of nitrogens with one attached hydrogen (secondary N) is 1. The Labute approximate surface area is 142 Å². The van der Waals surface area contributed by atoms with Gasteiger partial charge in [-0.05, 0) is 12.5 Å². The molecule has 1 aliphatic rings. The van der Waals surface area contributed by atoms with Crippen LogP contribution in [-0.4, -0.2) is 32.3 Å². The lowest BCUT2D eigenvalue weighted by molar-refractivity contribution is -0.121. The molecule has 2 aromatic heterocycles. The molecule has 24 heavy (non-hydrogen) atoms. The molecule has 0 unspecified atom stereocenters. The molecule has 0 aliphatic carbocycles. The van der Waals surface area contributed by atoms with E-state index in [1.54, 1.807) is 20.9 Å².